The first-order valence-corrected chi connectivity index (χ1v) is 11.0. The minimum atomic E-state index is -0.0375. The molecule has 6 heteroatoms. The van der Waals surface area contributed by atoms with Gasteiger partial charge in [-0.15, -0.1) is 0 Å². The van der Waals surface area contributed by atoms with E-state index >= 15 is 0 Å². The number of thioether (sulfide) groups is 1. The Hall–Kier alpha value is -2.08. The number of carbonyl (C=O) groups is 1. The monoisotopic (exact) mass is 399 g/mol. The number of piperidine rings is 1. The molecule has 1 saturated heterocycles. The molecule has 1 aliphatic heterocycles. The zero-order valence-corrected chi connectivity index (χ0v) is 17.6. The minimum Gasteiger partial charge on any atom is -0.343 e. The molecule has 1 fully saturated rings. The summed E-state index contributed by atoms with van der Waals surface area (Å²) in [5.74, 6) is 1.72. The van der Waals surface area contributed by atoms with Crippen LogP contribution in [-0.2, 0) is 18.3 Å². The van der Waals surface area contributed by atoms with E-state index in [9.17, 15) is 9.59 Å². The zero-order valence-electron chi connectivity index (χ0n) is 16.8. The number of amides is 1. The molecule has 2 heterocycles. The van der Waals surface area contributed by atoms with Gasteiger partial charge in [0.1, 0.15) is 0 Å². The molecule has 0 spiro atoms. The number of hydrogen-bond donors (Lipinski definition) is 0. The Morgan fingerprint density at radius 2 is 1.93 bits per heavy atom. The van der Waals surface area contributed by atoms with Crippen LogP contribution in [0.15, 0.2) is 46.3 Å². The number of aryl methyl sites for hydroxylation is 1. The van der Waals surface area contributed by atoms with Crippen molar-refractivity contribution in [1.82, 2.24) is 14.5 Å². The Morgan fingerprint density at radius 1 is 1.21 bits per heavy atom. The van der Waals surface area contributed by atoms with E-state index in [-0.39, 0.29) is 11.5 Å². The summed E-state index contributed by atoms with van der Waals surface area (Å²) in [6, 6.07) is 12.2. The molecule has 0 radical (unpaired) electrons. The third kappa shape index (κ3) is 5.71. The van der Waals surface area contributed by atoms with E-state index in [0.29, 0.717) is 12.3 Å². The van der Waals surface area contributed by atoms with Crippen LogP contribution >= 0.6 is 11.8 Å². The van der Waals surface area contributed by atoms with Crippen molar-refractivity contribution in [3.05, 3.63) is 58.0 Å². The van der Waals surface area contributed by atoms with Crippen LogP contribution in [0.5, 0.6) is 0 Å². The van der Waals surface area contributed by atoms with E-state index in [1.54, 1.807) is 23.4 Å². The van der Waals surface area contributed by atoms with Crippen molar-refractivity contribution in [3.8, 4) is 0 Å². The van der Waals surface area contributed by atoms with Crippen LogP contribution in [0.1, 0.15) is 36.9 Å². The molecule has 1 aliphatic rings. The fraction of sp³-hybridized carbons (Fsp3) is 0.500. The van der Waals surface area contributed by atoms with E-state index in [1.165, 1.54) is 11.6 Å². The first-order chi connectivity index (χ1) is 13.5. The van der Waals surface area contributed by atoms with Gasteiger partial charge in [-0.25, -0.2) is 4.98 Å². The predicted molar refractivity (Wildman–Crippen MR) is 114 cm³/mol. The molecule has 1 amide bonds. The van der Waals surface area contributed by atoms with Gasteiger partial charge in [0.2, 0.25) is 5.91 Å². The van der Waals surface area contributed by atoms with Gasteiger partial charge in [0.25, 0.3) is 5.56 Å². The molecule has 0 unspecified atom stereocenters. The van der Waals surface area contributed by atoms with Gasteiger partial charge in [-0.05, 0) is 44.1 Å². The predicted octanol–water partition coefficient (Wildman–Crippen LogP) is 3.44. The van der Waals surface area contributed by atoms with Gasteiger partial charge in [0, 0.05) is 44.1 Å². The maximum Gasteiger partial charge on any atom is 0.254 e. The van der Waals surface area contributed by atoms with E-state index < -0.39 is 0 Å². The molecule has 5 nitrogen and oxygen atoms in total. The quantitative estimate of drug-likeness (QED) is 0.407. The molecule has 0 bridgehead atoms. The highest BCUT2D eigenvalue weighted by molar-refractivity contribution is 7.99. The van der Waals surface area contributed by atoms with Gasteiger partial charge in [-0.2, -0.15) is 0 Å². The maximum atomic E-state index is 12.5. The smallest absolute Gasteiger partial charge is 0.254 e. The fourth-order valence-corrected chi connectivity index (χ4v) is 4.60. The third-order valence-electron chi connectivity index (χ3n) is 5.32. The number of aromatic nitrogens is 2. The number of benzene rings is 1. The summed E-state index contributed by atoms with van der Waals surface area (Å²) in [6.07, 6.45) is 4.66. The molecule has 150 valence electrons. The van der Waals surface area contributed by atoms with Crippen LogP contribution in [0, 0.1) is 12.8 Å². The summed E-state index contributed by atoms with van der Waals surface area (Å²) in [7, 11) is 1.74. The molecule has 0 saturated carbocycles. The number of rotatable bonds is 7. The van der Waals surface area contributed by atoms with E-state index in [2.05, 4.69) is 35.3 Å². The summed E-state index contributed by atoms with van der Waals surface area (Å²) < 4.78 is 1.57. The van der Waals surface area contributed by atoms with Gasteiger partial charge in [0.05, 0.1) is 0 Å². The van der Waals surface area contributed by atoms with Crippen molar-refractivity contribution < 1.29 is 4.79 Å². The summed E-state index contributed by atoms with van der Waals surface area (Å²) in [5.41, 5.74) is 2.09. The number of nitrogens with zero attached hydrogens (tertiary/aromatic N) is 3. The fourth-order valence-electron chi connectivity index (χ4n) is 3.64. The highest BCUT2D eigenvalue weighted by Gasteiger charge is 2.22. The van der Waals surface area contributed by atoms with Crippen molar-refractivity contribution in [1.29, 1.82) is 0 Å². The van der Waals surface area contributed by atoms with Crippen molar-refractivity contribution in [3.63, 3.8) is 0 Å². The van der Waals surface area contributed by atoms with Crippen molar-refractivity contribution in [2.24, 2.45) is 13.0 Å². The molecule has 1 aromatic carbocycles. The molecular formula is C22H29N3O2S. The average Bonchev–Trinajstić information content (AvgIpc) is 2.70. The first-order valence-electron chi connectivity index (χ1n) is 10.0. The van der Waals surface area contributed by atoms with Gasteiger partial charge in [-0.1, -0.05) is 42.1 Å². The summed E-state index contributed by atoms with van der Waals surface area (Å²) in [5, 5.41) is 0.721. The SMILES string of the molecule is Cc1cc(=O)n(C)c(SCCCC(=O)N2CCC(Cc3ccccc3)CC2)n1. The molecule has 3 rings (SSSR count). The van der Waals surface area contributed by atoms with Crippen LogP contribution in [0.25, 0.3) is 0 Å². The van der Waals surface area contributed by atoms with E-state index in [0.717, 1.165) is 55.4 Å². The van der Waals surface area contributed by atoms with Crippen molar-refractivity contribution in [2.45, 2.75) is 44.2 Å². The molecule has 0 N–H and O–H groups in total. The van der Waals surface area contributed by atoms with Crippen LogP contribution in [-0.4, -0.2) is 39.2 Å². The highest BCUT2D eigenvalue weighted by atomic mass is 32.2. The van der Waals surface area contributed by atoms with Gasteiger partial charge < -0.3 is 4.90 Å². The second-order valence-corrected chi connectivity index (χ2v) is 8.61. The third-order valence-corrected chi connectivity index (χ3v) is 6.44. The summed E-state index contributed by atoms with van der Waals surface area (Å²) in [6.45, 7) is 3.57. The lowest BCUT2D eigenvalue weighted by Gasteiger charge is -2.32. The Labute approximate surface area is 171 Å². The Balaban J connectivity index is 1.37. The second-order valence-electron chi connectivity index (χ2n) is 7.54. The standard InChI is InChI=1S/C22H29N3O2S/c1-17-15-21(27)24(2)22(23-17)28-14-6-9-20(26)25-12-10-19(11-13-25)16-18-7-4-3-5-8-18/h3-5,7-8,15,19H,6,9-14,16H2,1-2H3. The summed E-state index contributed by atoms with van der Waals surface area (Å²) in [4.78, 5) is 30.7. The Kier molecular flexibility index (Phi) is 7.31. The first kappa shape index (κ1) is 20.6. The van der Waals surface area contributed by atoms with E-state index in [4.69, 9.17) is 0 Å². The van der Waals surface area contributed by atoms with Gasteiger partial charge in [0.15, 0.2) is 5.16 Å². The lowest BCUT2D eigenvalue weighted by molar-refractivity contribution is -0.132. The zero-order chi connectivity index (χ0) is 19.9. The van der Waals surface area contributed by atoms with Gasteiger partial charge in [-0.3, -0.25) is 14.2 Å². The lowest BCUT2D eigenvalue weighted by atomic mass is 9.90. The topological polar surface area (TPSA) is 55.2 Å². The maximum absolute atomic E-state index is 12.5. The van der Waals surface area contributed by atoms with Crippen LogP contribution in [0.3, 0.4) is 0 Å². The number of carbonyl (C=O) groups excluding carboxylic acids is 1. The van der Waals surface area contributed by atoms with Crippen LogP contribution < -0.4 is 5.56 Å². The largest absolute Gasteiger partial charge is 0.343 e. The van der Waals surface area contributed by atoms with E-state index in [1.807, 2.05) is 11.8 Å². The average molecular weight is 400 g/mol. The molecule has 0 aliphatic carbocycles. The lowest BCUT2D eigenvalue weighted by Crippen LogP contribution is -2.38. The molecular weight excluding hydrogens is 370 g/mol. The number of likely N-dealkylation sites (tertiary alicyclic amines) is 1. The van der Waals surface area contributed by atoms with Crippen molar-refractivity contribution >= 4 is 17.7 Å². The van der Waals surface area contributed by atoms with Crippen LogP contribution in [0.4, 0.5) is 0 Å². The molecule has 1 aromatic heterocycles. The normalized spacial score (nSPS) is 15.0. The minimum absolute atomic E-state index is 0.0375. The van der Waals surface area contributed by atoms with Crippen molar-refractivity contribution in [2.75, 3.05) is 18.8 Å². The molecule has 28 heavy (non-hydrogen) atoms. The van der Waals surface area contributed by atoms with Gasteiger partial charge >= 0.3 is 0 Å². The van der Waals surface area contributed by atoms with Crippen LogP contribution in [0.2, 0.25) is 0 Å². The Morgan fingerprint density at radius 3 is 2.64 bits per heavy atom. The molecule has 2 aromatic rings. The molecule has 0 atom stereocenters. The number of hydrogen-bond acceptors (Lipinski definition) is 4. The summed E-state index contributed by atoms with van der Waals surface area (Å²) >= 11 is 1.55. The Bertz CT molecular complexity index is 843. The second kappa shape index (κ2) is 9.92. The highest BCUT2D eigenvalue weighted by Crippen LogP contribution is 2.23.